The third-order valence-electron chi connectivity index (χ3n) is 4.64. The minimum Gasteiger partial charge on any atom is -0.508 e. The molecule has 0 aliphatic carbocycles. The van der Waals surface area contributed by atoms with Crippen molar-refractivity contribution in [3.05, 3.63) is 65.2 Å². The fourth-order valence-electron chi connectivity index (χ4n) is 2.93. The summed E-state index contributed by atoms with van der Waals surface area (Å²) in [6, 6.07) is 14.3. The molecule has 0 fully saturated rings. The van der Waals surface area contributed by atoms with Crippen LogP contribution in [-0.4, -0.2) is 33.4 Å². The maximum absolute atomic E-state index is 12.5. The Kier molecular flexibility index (Phi) is 10.4. The molecule has 152 valence electrons. The first-order valence-corrected chi connectivity index (χ1v) is 13.0. The van der Waals surface area contributed by atoms with Crippen molar-refractivity contribution >= 4 is 33.9 Å². The standard InChI is InChI=1S/C24H32O2S2/c1-3-4-7-18-28(2)19-27-17-6-5-8-20-9-11-21(12-10-20)24(26)22-13-15-23(25)16-14-22/h9-16,25H,2-8,17-19H2,1H3. The molecule has 2 aromatic carbocycles. The fourth-order valence-corrected chi connectivity index (χ4v) is 5.83. The van der Waals surface area contributed by atoms with Crippen LogP contribution in [0.25, 0.3) is 0 Å². The molecule has 0 heterocycles. The van der Waals surface area contributed by atoms with Crippen LogP contribution in [0.15, 0.2) is 48.5 Å². The number of aromatic hydroxyl groups is 1. The highest BCUT2D eigenvalue weighted by atomic mass is 32.2. The van der Waals surface area contributed by atoms with Gasteiger partial charge in [0.15, 0.2) is 5.78 Å². The number of benzene rings is 2. The number of hydrogen-bond acceptors (Lipinski definition) is 3. The van der Waals surface area contributed by atoms with Crippen molar-refractivity contribution in [3.8, 4) is 5.75 Å². The Bertz CT molecular complexity index is 736. The first-order valence-electron chi connectivity index (χ1n) is 10.1. The molecule has 28 heavy (non-hydrogen) atoms. The second kappa shape index (κ2) is 12.8. The molecule has 0 spiro atoms. The largest absolute Gasteiger partial charge is 0.508 e. The van der Waals surface area contributed by atoms with E-state index in [1.165, 1.54) is 54.3 Å². The summed E-state index contributed by atoms with van der Waals surface area (Å²) < 4.78 is 0. The molecule has 2 rings (SSSR count). The van der Waals surface area contributed by atoms with Gasteiger partial charge in [0, 0.05) is 16.2 Å². The van der Waals surface area contributed by atoms with Crippen molar-refractivity contribution < 1.29 is 9.90 Å². The summed E-state index contributed by atoms with van der Waals surface area (Å²) in [5.41, 5.74) is 2.57. The van der Waals surface area contributed by atoms with Crippen molar-refractivity contribution in [2.24, 2.45) is 0 Å². The highest BCUT2D eigenvalue weighted by Crippen LogP contribution is 2.21. The fraction of sp³-hybridized carbons (Fsp3) is 0.417. The van der Waals surface area contributed by atoms with Gasteiger partial charge in [0.1, 0.15) is 5.75 Å². The SMILES string of the molecule is C=S(CCCCC)CSCCCCc1ccc(C(=O)c2ccc(O)cc2)cc1. The van der Waals surface area contributed by atoms with Crippen LogP contribution in [-0.2, 0) is 6.42 Å². The zero-order chi connectivity index (χ0) is 20.2. The molecule has 0 radical (unpaired) electrons. The second-order valence-corrected chi connectivity index (χ2v) is 10.5. The molecule has 2 aromatic rings. The van der Waals surface area contributed by atoms with E-state index in [1.54, 1.807) is 24.3 Å². The molecule has 0 aliphatic heterocycles. The number of carbonyl (C=O) groups is 1. The average molecular weight is 417 g/mol. The maximum Gasteiger partial charge on any atom is 0.193 e. The second-order valence-electron chi connectivity index (χ2n) is 7.08. The number of phenols is 1. The van der Waals surface area contributed by atoms with Gasteiger partial charge in [-0.25, -0.2) is 0 Å². The number of phenolic OH excluding ortho intramolecular Hbond substituents is 1. The lowest BCUT2D eigenvalue weighted by Gasteiger charge is -2.07. The van der Waals surface area contributed by atoms with E-state index in [4.69, 9.17) is 0 Å². The van der Waals surface area contributed by atoms with Crippen LogP contribution in [0.2, 0.25) is 0 Å². The molecule has 1 unspecified atom stereocenters. The number of ketones is 1. The normalized spacial score (nSPS) is 12.0. The Labute approximate surface area is 176 Å². The molecule has 1 atom stereocenters. The smallest absolute Gasteiger partial charge is 0.193 e. The molecule has 0 saturated carbocycles. The van der Waals surface area contributed by atoms with Crippen LogP contribution in [0.3, 0.4) is 0 Å². The first kappa shape index (κ1) is 22.8. The van der Waals surface area contributed by atoms with Crippen molar-refractivity contribution in [1.82, 2.24) is 0 Å². The third kappa shape index (κ3) is 8.24. The molecule has 0 saturated heterocycles. The van der Waals surface area contributed by atoms with E-state index in [9.17, 15) is 9.90 Å². The van der Waals surface area contributed by atoms with E-state index >= 15 is 0 Å². The molecule has 0 amide bonds. The average Bonchev–Trinajstić information content (AvgIpc) is 2.71. The van der Waals surface area contributed by atoms with E-state index in [-0.39, 0.29) is 11.5 Å². The molecule has 2 nitrogen and oxygen atoms in total. The van der Waals surface area contributed by atoms with Gasteiger partial charge in [-0.05, 0) is 67.0 Å². The Morgan fingerprint density at radius 1 is 0.964 bits per heavy atom. The lowest BCUT2D eigenvalue weighted by atomic mass is 10.0. The molecule has 0 bridgehead atoms. The topological polar surface area (TPSA) is 37.3 Å². The predicted molar refractivity (Wildman–Crippen MR) is 127 cm³/mol. The lowest BCUT2D eigenvalue weighted by Crippen LogP contribution is -2.01. The van der Waals surface area contributed by atoms with Gasteiger partial charge in [0.2, 0.25) is 0 Å². The van der Waals surface area contributed by atoms with Crippen LogP contribution < -0.4 is 0 Å². The number of aryl methyl sites for hydroxylation is 1. The van der Waals surface area contributed by atoms with Gasteiger partial charge in [0.25, 0.3) is 0 Å². The summed E-state index contributed by atoms with van der Waals surface area (Å²) in [5.74, 6) is 6.96. The highest BCUT2D eigenvalue weighted by molar-refractivity contribution is 8.24. The number of unbranched alkanes of at least 4 members (excludes halogenated alkanes) is 3. The first-order chi connectivity index (χ1) is 13.6. The number of hydrogen-bond donors (Lipinski definition) is 1. The van der Waals surface area contributed by atoms with Crippen LogP contribution in [0.5, 0.6) is 5.75 Å². The van der Waals surface area contributed by atoms with Gasteiger partial charge in [-0.2, -0.15) is 22.2 Å². The summed E-state index contributed by atoms with van der Waals surface area (Å²) in [5, 5.41) is 10.5. The van der Waals surface area contributed by atoms with Crippen LogP contribution >= 0.6 is 22.2 Å². The van der Waals surface area contributed by atoms with Gasteiger partial charge in [-0.3, -0.25) is 4.79 Å². The minimum absolute atomic E-state index is 0.00884. The Balaban J connectivity index is 1.65. The Morgan fingerprint density at radius 3 is 2.25 bits per heavy atom. The van der Waals surface area contributed by atoms with Crippen molar-refractivity contribution in [3.63, 3.8) is 0 Å². The quantitative estimate of drug-likeness (QED) is 0.229. The molecule has 0 aliphatic rings. The van der Waals surface area contributed by atoms with E-state index in [0.29, 0.717) is 21.6 Å². The number of carbonyl (C=O) groups excluding carboxylic acids is 1. The van der Waals surface area contributed by atoms with E-state index in [0.717, 1.165) is 6.42 Å². The molecule has 1 N–H and O–H groups in total. The van der Waals surface area contributed by atoms with Crippen LogP contribution in [0.4, 0.5) is 0 Å². The predicted octanol–water partition coefficient (Wildman–Crippen LogP) is 6.53. The summed E-state index contributed by atoms with van der Waals surface area (Å²) in [6.07, 6.45) is 7.42. The van der Waals surface area contributed by atoms with Crippen LogP contribution in [0, 0.1) is 0 Å². The van der Waals surface area contributed by atoms with E-state index in [1.807, 2.05) is 23.9 Å². The molecular formula is C24H32O2S2. The van der Waals surface area contributed by atoms with Crippen LogP contribution in [0.1, 0.15) is 60.5 Å². The Hall–Kier alpha value is -1.52. The third-order valence-corrected chi connectivity index (χ3v) is 8.08. The highest BCUT2D eigenvalue weighted by Gasteiger charge is 2.08. The summed E-state index contributed by atoms with van der Waals surface area (Å²) in [7, 11) is 0.330. The van der Waals surface area contributed by atoms with Crippen molar-refractivity contribution in [2.75, 3.05) is 16.6 Å². The number of thioether (sulfide) groups is 1. The monoisotopic (exact) mass is 416 g/mol. The summed E-state index contributed by atoms with van der Waals surface area (Å²) in [6.45, 7) is 2.25. The zero-order valence-corrected chi connectivity index (χ0v) is 18.5. The lowest BCUT2D eigenvalue weighted by molar-refractivity contribution is 0.103. The zero-order valence-electron chi connectivity index (χ0n) is 16.9. The molecule has 4 heteroatoms. The molecular weight excluding hydrogens is 384 g/mol. The summed E-state index contributed by atoms with van der Waals surface area (Å²) >= 11 is 2.05. The van der Waals surface area contributed by atoms with Gasteiger partial charge >= 0.3 is 0 Å². The van der Waals surface area contributed by atoms with Gasteiger partial charge in [-0.15, -0.1) is 0 Å². The molecule has 0 aromatic heterocycles. The van der Waals surface area contributed by atoms with Gasteiger partial charge < -0.3 is 5.11 Å². The van der Waals surface area contributed by atoms with Crippen molar-refractivity contribution in [2.45, 2.75) is 45.4 Å². The number of rotatable bonds is 13. The Morgan fingerprint density at radius 2 is 1.61 bits per heavy atom. The van der Waals surface area contributed by atoms with Crippen molar-refractivity contribution in [1.29, 1.82) is 0 Å². The summed E-state index contributed by atoms with van der Waals surface area (Å²) in [4.78, 5) is 12.5. The van der Waals surface area contributed by atoms with Gasteiger partial charge in [0.05, 0.1) is 0 Å². The minimum atomic E-state index is -0.00884. The maximum atomic E-state index is 12.5. The van der Waals surface area contributed by atoms with E-state index < -0.39 is 0 Å². The van der Waals surface area contributed by atoms with Gasteiger partial charge in [-0.1, -0.05) is 49.9 Å². The van der Waals surface area contributed by atoms with E-state index in [2.05, 4.69) is 24.9 Å².